The summed E-state index contributed by atoms with van der Waals surface area (Å²) in [5.74, 6) is -2.57. The number of amides is 3. The molecule has 206 valence electrons. The summed E-state index contributed by atoms with van der Waals surface area (Å²) in [6, 6.07) is 5.26. The van der Waals surface area contributed by atoms with Crippen molar-refractivity contribution in [3.8, 4) is 0 Å². The Hall–Kier alpha value is -2.68. The Kier molecular flexibility index (Phi) is 7.81. The number of benzene rings is 1. The molecule has 3 aliphatic heterocycles. The van der Waals surface area contributed by atoms with Crippen LogP contribution in [0.15, 0.2) is 49.6 Å². The van der Waals surface area contributed by atoms with Crippen molar-refractivity contribution >= 4 is 35.0 Å². The zero-order chi connectivity index (χ0) is 28.0. The van der Waals surface area contributed by atoms with Crippen molar-refractivity contribution in [1.29, 1.82) is 0 Å². The predicted molar refractivity (Wildman–Crippen MR) is 147 cm³/mol. The molecule has 4 rings (SSSR count). The maximum atomic E-state index is 14.5. The molecule has 3 aliphatic rings. The van der Waals surface area contributed by atoms with Crippen LogP contribution in [0.5, 0.6) is 0 Å². The molecule has 3 saturated heterocycles. The van der Waals surface area contributed by atoms with Gasteiger partial charge in [-0.3, -0.25) is 14.4 Å². The van der Waals surface area contributed by atoms with Crippen molar-refractivity contribution in [3.05, 3.63) is 54.6 Å². The summed E-state index contributed by atoms with van der Waals surface area (Å²) in [7, 11) is 1.68. The summed E-state index contributed by atoms with van der Waals surface area (Å²) >= 11 is 6.10. The summed E-state index contributed by atoms with van der Waals surface area (Å²) in [6.45, 7) is 13.5. The lowest BCUT2D eigenvalue weighted by atomic mass is 9.66. The van der Waals surface area contributed by atoms with E-state index in [0.29, 0.717) is 30.1 Å². The fraction of sp³-hybridized carbons (Fsp3) is 0.552. The molecule has 0 saturated carbocycles. The average Bonchev–Trinajstić information content (AvgIpc) is 3.44. The lowest BCUT2D eigenvalue weighted by molar-refractivity contribution is -0.152. The Morgan fingerprint density at radius 3 is 2.37 bits per heavy atom. The van der Waals surface area contributed by atoms with Gasteiger partial charge in [0, 0.05) is 30.8 Å². The number of anilines is 1. The van der Waals surface area contributed by atoms with E-state index in [1.165, 1.54) is 4.90 Å². The summed E-state index contributed by atoms with van der Waals surface area (Å²) in [4.78, 5) is 47.2. The Bertz CT molecular complexity index is 1120. The lowest BCUT2D eigenvalue weighted by Crippen LogP contribution is -2.60. The number of likely N-dealkylation sites (N-methyl/N-ethyl adjacent to an activating group) is 1. The maximum absolute atomic E-state index is 14.5. The van der Waals surface area contributed by atoms with Crippen LogP contribution in [0.25, 0.3) is 0 Å². The largest absolute Gasteiger partial charge is 0.394 e. The quantitative estimate of drug-likeness (QED) is 0.457. The molecular formula is C29H38ClN3O5. The first-order chi connectivity index (χ1) is 18.0. The zero-order valence-corrected chi connectivity index (χ0v) is 23.4. The second-order valence-corrected chi connectivity index (χ2v) is 11.6. The Labute approximate surface area is 229 Å². The van der Waals surface area contributed by atoms with Crippen LogP contribution in [0, 0.1) is 17.8 Å². The van der Waals surface area contributed by atoms with Crippen molar-refractivity contribution < 1.29 is 24.2 Å². The molecule has 1 aromatic rings. The Balaban J connectivity index is 1.86. The van der Waals surface area contributed by atoms with Gasteiger partial charge in [0.15, 0.2) is 0 Å². The summed E-state index contributed by atoms with van der Waals surface area (Å²) < 4.78 is 6.71. The number of halogens is 1. The van der Waals surface area contributed by atoms with Gasteiger partial charge in [0.1, 0.15) is 11.6 Å². The van der Waals surface area contributed by atoms with Crippen molar-refractivity contribution in [2.45, 2.75) is 56.9 Å². The number of nitrogens with zero attached hydrogens (tertiary/aromatic N) is 3. The standard InChI is InChI=1S/C29H38ClN3O5/c1-7-15-31(6)25(35)22-23-26(36)33(21(17-34)18(3)4)24(29(23)14-13-28(22,5)38-29)27(37)32(16-8-2)20-11-9-19(30)10-12-20/h7-12,18,21-24,34H,1-2,13-17H2,3-6H3/t21-,22-,23-,24?,28+,29?/m0/s1. The highest BCUT2D eigenvalue weighted by atomic mass is 35.5. The van der Waals surface area contributed by atoms with Crippen LogP contribution in [0.1, 0.15) is 33.6 Å². The van der Waals surface area contributed by atoms with Crippen molar-refractivity contribution in [1.82, 2.24) is 9.80 Å². The number of hydrogen-bond donors (Lipinski definition) is 1. The third-order valence-corrected chi connectivity index (χ3v) is 8.78. The number of aliphatic hydroxyl groups excluding tert-OH is 1. The minimum atomic E-state index is -1.19. The molecule has 1 spiro atoms. The van der Waals surface area contributed by atoms with Crippen molar-refractivity contribution in [2.24, 2.45) is 17.8 Å². The third kappa shape index (κ3) is 4.27. The number of likely N-dealkylation sites (tertiary alicyclic amines) is 1. The third-order valence-electron chi connectivity index (χ3n) is 8.52. The van der Waals surface area contributed by atoms with Gasteiger partial charge in [-0.05, 0) is 49.9 Å². The van der Waals surface area contributed by atoms with Gasteiger partial charge in [0.2, 0.25) is 11.8 Å². The lowest BCUT2D eigenvalue weighted by Gasteiger charge is -2.40. The molecule has 9 heteroatoms. The van der Waals surface area contributed by atoms with Gasteiger partial charge in [-0.1, -0.05) is 37.6 Å². The number of fused-ring (bicyclic) bond motifs is 1. The molecular weight excluding hydrogens is 506 g/mol. The summed E-state index contributed by atoms with van der Waals surface area (Å²) in [6.07, 6.45) is 4.26. The fourth-order valence-electron chi connectivity index (χ4n) is 6.74. The molecule has 1 N–H and O–H groups in total. The molecule has 2 bridgehead atoms. The van der Waals surface area contributed by atoms with E-state index in [0.717, 1.165) is 0 Å². The number of hydrogen-bond acceptors (Lipinski definition) is 5. The molecule has 38 heavy (non-hydrogen) atoms. The van der Waals surface area contributed by atoms with Crippen LogP contribution >= 0.6 is 11.6 Å². The van der Waals surface area contributed by atoms with Gasteiger partial charge in [-0.25, -0.2) is 0 Å². The molecule has 2 unspecified atom stereocenters. The minimum absolute atomic E-state index is 0.136. The molecule has 8 nitrogen and oxygen atoms in total. The van der Waals surface area contributed by atoms with E-state index in [1.54, 1.807) is 53.3 Å². The van der Waals surface area contributed by atoms with Crippen LogP contribution in [0.4, 0.5) is 5.69 Å². The molecule has 0 aliphatic carbocycles. The number of carbonyl (C=O) groups excluding carboxylic acids is 3. The van der Waals surface area contributed by atoms with E-state index < -0.39 is 35.1 Å². The van der Waals surface area contributed by atoms with Gasteiger partial charge in [-0.15, -0.1) is 13.2 Å². The van der Waals surface area contributed by atoms with Gasteiger partial charge >= 0.3 is 0 Å². The molecule has 6 atom stereocenters. The smallest absolute Gasteiger partial charge is 0.253 e. The summed E-state index contributed by atoms with van der Waals surface area (Å²) in [5, 5.41) is 10.9. The van der Waals surface area contributed by atoms with E-state index >= 15 is 0 Å². The molecule has 1 aromatic carbocycles. The van der Waals surface area contributed by atoms with Gasteiger partial charge in [0.25, 0.3) is 5.91 Å². The fourth-order valence-corrected chi connectivity index (χ4v) is 6.86. The number of rotatable bonds is 10. The van der Waals surface area contributed by atoms with E-state index in [9.17, 15) is 19.5 Å². The minimum Gasteiger partial charge on any atom is -0.394 e. The van der Waals surface area contributed by atoms with Crippen LogP contribution < -0.4 is 4.90 Å². The molecule has 0 aromatic heterocycles. The second kappa shape index (κ2) is 10.5. The van der Waals surface area contributed by atoms with E-state index in [1.807, 2.05) is 20.8 Å². The average molecular weight is 544 g/mol. The van der Waals surface area contributed by atoms with Crippen LogP contribution in [0.2, 0.25) is 5.02 Å². The van der Waals surface area contributed by atoms with Crippen LogP contribution in [0.3, 0.4) is 0 Å². The van der Waals surface area contributed by atoms with Gasteiger partial charge in [0.05, 0.1) is 30.1 Å². The SMILES string of the molecule is C=CCN(C)C(=O)[C@@H]1[C@H]2C(=O)N([C@@H](CO)C(C)C)C(C(=O)N(CC=C)c3ccc(Cl)cc3)C23CC[C@@]1(C)O3. The highest BCUT2D eigenvalue weighted by Gasteiger charge is 2.78. The predicted octanol–water partition coefficient (Wildman–Crippen LogP) is 3.29. The molecule has 3 heterocycles. The van der Waals surface area contributed by atoms with Crippen LogP contribution in [-0.2, 0) is 19.1 Å². The summed E-state index contributed by atoms with van der Waals surface area (Å²) in [5.41, 5.74) is -1.46. The number of ether oxygens (including phenoxy) is 1. The topological polar surface area (TPSA) is 90.4 Å². The van der Waals surface area contributed by atoms with Crippen molar-refractivity contribution in [2.75, 3.05) is 31.6 Å². The monoisotopic (exact) mass is 543 g/mol. The van der Waals surface area contributed by atoms with Crippen molar-refractivity contribution in [3.63, 3.8) is 0 Å². The van der Waals surface area contributed by atoms with E-state index in [4.69, 9.17) is 16.3 Å². The zero-order valence-electron chi connectivity index (χ0n) is 22.6. The van der Waals surface area contributed by atoms with Gasteiger partial charge in [-0.2, -0.15) is 0 Å². The van der Waals surface area contributed by atoms with Gasteiger partial charge < -0.3 is 24.5 Å². The van der Waals surface area contributed by atoms with E-state index in [-0.39, 0.29) is 36.8 Å². The molecule has 3 amide bonds. The first-order valence-electron chi connectivity index (χ1n) is 13.1. The second-order valence-electron chi connectivity index (χ2n) is 11.2. The highest BCUT2D eigenvalue weighted by Crippen LogP contribution is 2.64. The maximum Gasteiger partial charge on any atom is 0.253 e. The Morgan fingerprint density at radius 2 is 1.82 bits per heavy atom. The first kappa shape index (κ1) is 28.3. The molecule has 0 radical (unpaired) electrons. The normalized spacial score (nSPS) is 30.3. The molecule has 3 fully saturated rings. The Morgan fingerprint density at radius 1 is 1.18 bits per heavy atom. The first-order valence-corrected chi connectivity index (χ1v) is 13.5. The van der Waals surface area contributed by atoms with Crippen LogP contribution in [-0.4, -0.2) is 82.7 Å². The number of aliphatic hydroxyl groups is 1. The highest BCUT2D eigenvalue weighted by molar-refractivity contribution is 6.30. The number of carbonyl (C=O) groups is 3. The van der Waals surface area contributed by atoms with E-state index in [2.05, 4.69) is 13.2 Å².